The number of hydrogen-bond acceptors (Lipinski definition) is 4. The van der Waals surface area contributed by atoms with Crippen molar-refractivity contribution in [3.8, 4) is 0 Å². The van der Waals surface area contributed by atoms with E-state index >= 15 is 0 Å². The largest absolute Gasteiger partial charge is 0.301 e. The van der Waals surface area contributed by atoms with Crippen LogP contribution in [0.25, 0.3) is 0 Å². The number of aromatic amines is 1. The van der Waals surface area contributed by atoms with Crippen LogP contribution < -0.4 is 5.56 Å². The second kappa shape index (κ2) is 7.79. The number of nitrogens with one attached hydrogen (secondary N) is 1. The first-order valence-electron chi connectivity index (χ1n) is 5.60. The van der Waals surface area contributed by atoms with Crippen molar-refractivity contribution in [2.24, 2.45) is 0 Å². The van der Waals surface area contributed by atoms with E-state index in [2.05, 4.69) is 29.5 Å². The highest BCUT2D eigenvalue weighted by Crippen LogP contribution is 2.14. The maximum absolute atomic E-state index is 11.4. The molecular formula is C11H18N2OS2. The van der Waals surface area contributed by atoms with E-state index in [0.717, 1.165) is 48.0 Å². The van der Waals surface area contributed by atoms with Crippen LogP contribution in [0.5, 0.6) is 0 Å². The third-order valence-corrected chi connectivity index (χ3v) is 3.35. The van der Waals surface area contributed by atoms with Crippen LogP contribution in [0.15, 0.2) is 16.0 Å². The Kier molecular flexibility index (Phi) is 6.64. The Morgan fingerprint density at radius 1 is 1.50 bits per heavy atom. The third-order valence-electron chi connectivity index (χ3n) is 2.07. The first-order valence-corrected chi connectivity index (χ1v) is 7.22. The minimum absolute atomic E-state index is 0.0462. The van der Waals surface area contributed by atoms with Crippen molar-refractivity contribution in [1.29, 1.82) is 0 Å². The van der Waals surface area contributed by atoms with Crippen molar-refractivity contribution in [2.75, 3.05) is 11.5 Å². The summed E-state index contributed by atoms with van der Waals surface area (Å²) in [6, 6.07) is 1.58. The van der Waals surface area contributed by atoms with Crippen LogP contribution in [0, 0.1) is 0 Å². The molecule has 0 aliphatic rings. The van der Waals surface area contributed by atoms with Crippen molar-refractivity contribution >= 4 is 24.4 Å². The number of hydrogen-bond donors (Lipinski definition) is 2. The summed E-state index contributed by atoms with van der Waals surface area (Å²) in [6.07, 6.45) is 4.10. The van der Waals surface area contributed by atoms with E-state index in [-0.39, 0.29) is 5.56 Å². The number of nitrogens with zero attached hydrogens (tertiary/aromatic N) is 1. The molecule has 0 fully saturated rings. The zero-order valence-corrected chi connectivity index (χ0v) is 11.2. The van der Waals surface area contributed by atoms with Crippen LogP contribution in [0.2, 0.25) is 0 Å². The van der Waals surface area contributed by atoms with E-state index < -0.39 is 0 Å². The van der Waals surface area contributed by atoms with Gasteiger partial charge in [-0.2, -0.15) is 12.6 Å². The Morgan fingerprint density at radius 3 is 3.00 bits per heavy atom. The van der Waals surface area contributed by atoms with Crippen LogP contribution in [0.4, 0.5) is 0 Å². The van der Waals surface area contributed by atoms with Gasteiger partial charge in [0.05, 0.1) is 0 Å². The Bertz CT molecular complexity index is 365. The molecule has 0 spiro atoms. The normalized spacial score (nSPS) is 10.6. The lowest BCUT2D eigenvalue weighted by Gasteiger charge is -2.02. The maximum Gasteiger partial charge on any atom is 0.251 e. The van der Waals surface area contributed by atoms with Crippen molar-refractivity contribution in [2.45, 2.75) is 37.8 Å². The molecule has 1 heterocycles. The van der Waals surface area contributed by atoms with Crippen LogP contribution in [-0.2, 0) is 6.42 Å². The lowest BCUT2D eigenvalue weighted by molar-refractivity contribution is 0.813. The summed E-state index contributed by atoms with van der Waals surface area (Å²) in [6.45, 7) is 2.09. The minimum Gasteiger partial charge on any atom is -0.301 e. The Hall–Kier alpha value is -0.420. The van der Waals surface area contributed by atoms with Gasteiger partial charge in [0.15, 0.2) is 5.16 Å². The molecule has 0 radical (unpaired) electrons. The SMILES string of the molecule is CCCc1cc(=O)[nH]c(SCCCCS)n1. The molecule has 1 aromatic heterocycles. The number of thioether (sulfide) groups is 1. The van der Waals surface area contributed by atoms with Gasteiger partial charge in [-0.3, -0.25) is 4.79 Å². The average molecular weight is 258 g/mol. The molecule has 1 N–H and O–H groups in total. The molecule has 90 valence electrons. The monoisotopic (exact) mass is 258 g/mol. The number of aromatic nitrogens is 2. The van der Waals surface area contributed by atoms with Crippen LogP contribution in [-0.4, -0.2) is 21.5 Å². The second-order valence-electron chi connectivity index (χ2n) is 3.57. The highest BCUT2D eigenvalue weighted by molar-refractivity contribution is 7.99. The van der Waals surface area contributed by atoms with Crippen molar-refractivity contribution in [3.63, 3.8) is 0 Å². The number of H-pyrrole nitrogens is 1. The molecule has 0 atom stereocenters. The molecule has 0 unspecified atom stereocenters. The van der Waals surface area contributed by atoms with Gasteiger partial charge in [-0.1, -0.05) is 25.1 Å². The number of aryl methyl sites for hydroxylation is 1. The quantitative estimate of drug-likeness (QED) is 0.342. The van der Waals surface area contributed by atoms with Gasteiger partial charge >= 0.3 is 0 Å². The third kappa shape index (κ3) is 5.07. The fourth-order valence-corrected chi connectivity index (χ4v) is 2.44. The van der Waals surface area contributed by atoms with Crippen molar-refractivity contribution in [1.82, 2.24) is 9.97 Å². The van der Waals surface area contributed by atoms with Crippen LogP contribution >= 0.6 is 24.4 Å². The number of rotatable bonds is 7. The van der Waals surface area contributed by atoms with E-state index in [4.69, 9.17) is 0 Å². The van der Waals surface area contributed by atoms with Gasteiger partial charge in [-0.15, -0.1) is 0 Å². The van der Waals surface area contributed by atoms with Crippen LogP contribution in [0.3, 0.4) is 0 Å². The van der Waals surface area contributed by atoms with Gasteiger partial charge in [0, 0.05) is 17.5 Å². The molecule has 0 aliphatic heterocycles. The second-order valence-corrected chi connectivity index (χ2v) is 5.10. The highest BCUT2D eigenvalue weighted by atomic mass is 32.2. The smallest absolute Gasteiger partial charge is 0.251 e. The van der Waals surface area contributed by atoms with Gasteiger partial charge in [-0.05, 0) is 25.0 Å². The van der Waals surface area contributed by atoms with E-state index in [1.165, 1.54) is 0 Å². The van der Waals surface area contributed by atoms with E-state index in [1.54, 1.807) is 17.8 Å². The molecule has 5 heteroatoms. The summed E-state index contributed by atoms with van der Waals surface area (Å²) in [5.74, 6) is 1.90. The molecule has 0 aliphatic carbocycles. The Balaban J connectivity index is 2.54. The number of unbranched alkanes of at least 4 members (excludes halogenated alkanes) is 1. The zero-order valence-electron chi connectivity index (χ0n) is 9.53. The molecule has 1 aromatic rings. The summed E-state index contributed by atoms with van der Waals surface area (Å²) in [4.78, 5) is 18.5. The lowest BCUT2D eigenvalue weighted by Crippen LogP contribution is -2.10. The summed E-state index contributed by atoms with van der Waals surface area (Å²) >= 11 is 5.77. The molecule has 1 rings (SSSR count). The van der Waals surface area contributed by atoms with E-state index in [0.29, 0.717) is 0 Å². The zero-order chi connectivity index (χ0) is 11.8. The highest BCUT2D eigenvalue weighted by Gasteiger charge is 2.01. The molecule has 0 aromatic carbocycles. The first-order chi connectivity index (χ1) is 7.76. The van der Waals surface area contributed by atoms with Crippen LogP contribution in [0.1, 0.15) is 31.9 Å². The number of thiol groups is 1. The standard InChI is InChI=1S/C11H18N2OS2/c1-2-5-9-8-10(14)13-11(12-9)16-7-4-3-6-15/h8,15H,2-7H2,1H3,(H,12,13,14). The fourth-order valence-electron chi connectivity index (χ4n) is 1.32. The maximum atomic E-state index is 11.4. The molecule has 0 amide bonds. The fraction of sp³-hybridized carbons (Fsp3) is 0.636. The van der Waals surface area contributed by atoms with Crippen molar-refractivity contribution in [3.05, 3.63) is 22.1 Å². The predicted molar refractivity (Wildman–Crippen MR) is 72.7 cm³/mol. The van der Waals surface area contributed by atoms with E-state index in [9.17, 15) is 4.79 Å². The van der Waals surface area contributed by atoms with Crippen molar-refractivity contribution < 1.29 is 0 Å². The Labute approximate surface area is 106 Å². The van der Waals surface area contributed by atoms with Gasteiger partial charge < -0.3 is 4.98 Å². The van der Waals surface area contributed by atoms with Gasteiger partial charge in [-0.25, -0.2) is 4.98 Å². The predicted octanol–water partition coefficient (Wildman–Crippen LogP) is 2.52. The minimum atomic E-state index is -0.0462. The molecule has 16 heavy (non-hydrogen) atoms. The van der Waals surface area contributed by atoms with Gasteiger partial charge in [0.25, 0.3) is 5.56 Å². The molecule has 0 saturated heterocycles. The molecule has 0 saturated carbocycles. The summed E-state index contributed by atoms with van der Waals surface area (Å²) in [5.41, 5.74) is 0.845. The molecular weight excluding hydrogens is 240 g/mol. The topological polar surface area (TPSA) is 45.8 Å². The summed E-state index contributed by atoms with van der Waals surface area (Å²) in [7, 11) is 0. The lowest BCUT2D eigenvalue weighted by atomic mass is 10.2. The average Bonchev–Trinajstić information content (AvgIpc) is 2.24. The summed E-state index contributed by atoms with van der Waals surface area (Å²) in [5, 5.41) is 0.745. The Morgan fingerprint density at radius 2 is 2.31 bits per heavy atom. The van der Waals surface area contributed by atoms with Gasteiger partial charge in [0.2, 0.25) is 0 Å². The molecule has 3 nitrogen and oxygen atoms in total. The van der Waals surface area contributed by atoms with Gasteiger partial charge in [0.1, 0.15) is 0 Å². The summed E-state index contributed by atoms with van der Waals surface area (Å²) < 4.78 is 0. The van der Waals surface area contributed by atoms with E-state index in [1.807, 2.05) is 0 Å². The molecule has 0 bridgehead atoms. The first kappa shape index (κ1) is 13.6.